The Morgan fingerprint density at radius 3 is 2.50 bits per heavy atom. The second kappa shape index (κ2) is 4.47. The largest absolute Gasteiger partial charge is 0.310 e. The molecule has 1 aliphatic heterocycles. The molecule has 1 fully saturated rings. The van der Waals surface area contributed by atoms with Gasteiger partial charge in [-0.1, -0.05) is 29.6 Å². The van der Waals surface area contributed by atoms with Crippen LogP contribution >= 0.6 is 23.2 Å². The van der Waals surface area contributed by atoms with Crippen LogP contribution in [0.2, 0.25) is 10.3 Å². The number of aromatic nitrogens is 1. The topological polar surface area (TPSA) is 24.9 Å². The number of nitrogens with zero attached hydrogens (tertiary/aromatic N) is 1. The number of hydrogen-bond donors (Lipinski definition) is 1. The van der Waals surface area contributed by atoms with E-state index in [1.165, 1.54) is 12.8 Å². The van der Waals surface area contributed by atoms with Crippen LogP contribution in [0.3, 0.4) is 0 Å². The first-order chi connectivity index (χ1) is 6.75. The summed E-state index contributed by atoms with van der Waals surface area (Å²) < 4.78 is 0. The molecule has 0 radical (unpaired) electrons. The zero-order valence-electron chi connectivity index (χ0n) is 7.76. The zero-order valence-corrected chi connectivity index (χ0v) is 9.28. The molecule has 76 valence electrons. The Morgan fingerprint density at radius 1 is 1.21 bits per heavy atom. The average molecular weight is 231 g/mol. The summed E-state index contributed by atoms with van der Waals surface area (Å²) in [5.41, 5.74) is 1.15. The van der Waals surface area contributed by atoms with Crippen LogP contribution in [0.5, 0.6) is 0 Å². The van der Waals surface area contributed by atoms with E-state index in [1.807, 2.05) is 12.1 Å². The quantitative estimate of drug-likeness (QED) is 0.750. The molecule has 1 aromatic heterocycles. The normalized spacial score (nSPS) is 22.3. The van der Waals surface area contributed by atoms with E-state index in [1.54, 1.807) is 0 Å². The van der Waals surface area contributed by atoms with Crippen molar-refractivity contribution >= 4 is 23.2 Å². The van der Waals surface area contributed by atoms with Crippen LogP contribution in [0.4, 0.5) is 0 Å². The minimum atomic E-state index is 0.391. The lowest BCUT2D eigenvalue weighted by molar-refractivity contribution is 0.412. The molecular weight excluding hydrogens is 219 g/mol. The third-order valence-electron chi connectivity index (χ3n) is 2.50. The summed E-state index contributed by atoms with van der Waals surface area (Å²) in [7, 11) is 0. The maximum atomic E-state index is 5.85. The molecule has 2 heterocycles. The molecule has 0 unspecified atom stereocenters. The van der Waals surface area contributed by atoms with Crippen LogP contribution in [0, 0.1) is 0 Å². The van der Waals surface area contributed by atoms with Gasteiger partial charge in [0.25, 0.3) is 0 Å². The lowest BCUT2D eigenvalue weighted by Crippen LogP contribution is -2.26. The van der Waals surface area contributed by atoms with Gasteiger partial charge < -0.3 is 5.32 Å². The summed E-state index contributed by atoms with van der Waals surface area (Å²) >= 11 is 11.7. The van der Waals surface area contributed by atoms with Crippen molar-refractivity contribution in [3.05, 3.63) is 28.0 Å². The van der Waals surface area contributed by atoms with E-state index >= 15 is 0 Å². The van der Waals surface area contributed by atoms with Crippen molar-refractivity contribution in [2.24, 2.45) is 0 Å². The summed E-state index contributed by atoms with van der Waals surface area (Å²) in [5, 5.41) is 4.39. The van der Waals surface area contributed by atoms with E-state index < -0.39 is 0 Å². The Bertz CT molecular complexity index is 302. The summed E-state index contributed by atoms with van der Waals surface area (Å²) in [6, 6.07) is 4.16. The first-order valence-electron chi connectivity index (χ1n) is 4.82. The highest BCUT2D eigenvalue weighted by molar-refractivity contribution is 6.32. The molecule has 14 heavy (non-hydrogen) atoms. The molecule has 1 N–H and O–H groups in total. The maximum absolute atomic E-state index is 5.85. The van der Waals surface area contributed by atoms with Crippen molar-refractivity contribution in [2.75, 3.05) is 6.54 Å². The van der Waals surface area contributed by atoms with Gasteiger partial charge in [0.15, 0.2) is 0 Å². The van der Waals surface area contributed by atoms with Gasteiger partial charge in [0.1, 0.15) is 10.3 Å². The van der Waals surface area contributed by atoms with Gasteiger partial charge in [-0.25, -0.2) is 4.98 Å². The minimum absolute atomic E-state index is 0.391. The smallest absolute Gasteiger partial charge is 0.131 e. The molecule has 4 heteroatoms. The lowest BCUT2D eigenvalue weighted by atomic mass is 9.99. The summed E-state index contributed by atoms with van der Waals surface area (Å²) in [6.45, 7) is 1.07. The van der Waals surface area contributed by atoms with Crippen LogP contribution in [0.1, 0.15) is 30.9 Å². The van der Waals surface area contributed by atoms with E-state index in [4.69, 9.17) is 23.2 Å². The predicted octanol–water partition coefficient (Wildman–Crippen LogP) is 3.20. The van der Waals surface area contributed by atoms with Crippen LogP contribution < -0.4 is 5.32 Å². The van der Waals surface area contributed by atoms with Gasteiger partial charge in [-0.05, 0) is 37.1 Å². The first kappa shape index (κ1) is 10.2. The van der Waals surface area contributed by atoms with E-state index in [0.29, 0.717) is 16.3 Å². The van der Waals surface area contributed by atoms with Gasteiger partial charge in [0.05, 0.1) is 0 Å². The van der Waals surface area contributed by atoms with Crippen molar-refractivity contribution in [3.63, 3.8) is 0 Å². The molecule has 2 nitrogen and oxygen atoms in total. The van der Waals surface area contributed by atoms with E-state index in [0.717, 1.165) is 18.5 Å². The zero-order chi connectivity index (χ0) is 9.97. The van der Waals surface area contributed by atoms with Gasteiger partial charge >= 0.3 is 0 Å². The van der Waals surface area contributed by atoms with Gasteiger partial charge in [0.2, 0.25) is 0 Å². The number of hydrogen-bond acceptors (Lipinski definition) is 2. The fourth-order valence-corrected chi connectivity index (χ4v) is 2.30. The van der Waals surface area contributed by atoms with Gasteiger partial charge in [-0.3, -0.25) is 0 Å². The highest BCUT2D eigenvalue weighted by Gasteiger charge is 2.15. The molecule has 0 saturated carbocycles. The third kappa shape index (κ3) is 2.38. The Hall–Kier alpha value is -0.310. The standard InChI is InChI=1S/C10H12Cl2N2/c11-9-5-7(6-10(12)14-9)8-3-1-2-4-13-8/h5-6,8,13H,1-4H2/t8-/m1/s1. The number of piperidine rings is 1. The molecule has 0 spiro atoms. The van der Waals surface area contributed by atoms with Crippen molar-refractivity contribution < 1.29 is 0 Å². The van der Waals surface area contributed by atoms with Crippen LogP contribution in [0.15, 0.2) is 12.1 Å². The summed E-state index contributed by atoms with van der Waals surface area (Å²) in [6.07, 6.45) is 3.66. The van der Waals surface area contributed by atoms with Crippen molar-refractivity contribution in [1.29, 1.82) is 0 Å². The molecule has 1 aliphatic rings. The monoisotopic (exact) mass is 230 g/mol. The Morgan fingerprint density at radius 2 is 1.93 bits per heavy atom. The SMILES string of the molecule is Clc1cc([C@H]2CCCCN2)cc(Cl)n1. The van der Waals surface area contributed by atoms with Gasteiger partial charge in [-0.2, -0.15) is 0 Å². The predicted molar refractivity (Wildman–Crippen MR) is 58.9 cm³/mol. The molecular formula is C10H12Cl2N2. The van der Waals surface area contributed by atoms with Crippen LogP contribution in [-0.4, -0.2) is 11.5 Å². The van der Waals surface area contributed by atoms with Gasteiger partial charge in [-0.15, -0.1) is 0 Å². The second-order valence-corrected chi connectivity index (χ2v) is 4.32. The minimum Gasteiger partial charge on any atom is -0.310 e. The maximum Gasteiger partial charge on any atom is 0.131 e. The molecule has 2 rings (SSSR count). The molecule has 1 aromatic rings. The number of rotatable bonds is 1. The summed E-state index contributed by atoms with van der Waals surface area (Å²) in [4.78, 5) is 3.93. The Labute approximate surface area is 93.6 Å². The van der Waals surface area contributed by atoms with Gasteiger partial charge in [0, 0.05) is 6.04 Å². The number of halogens is 2. The van der Waals surface area contributed by atoms with E-state index in [9.17, 15) is 0 Å². The van der Waals surface area contributed by atoms with Crippen molar-refractivity contribution in [1.82, 2.24) is 10.3 Å². The van der Waals surface area contributed by atoms with Crippen molar-refractivity contribution in [3.8, 4) is 0 Å². The highest BCUT2D eigenvalue weighted by atomic mass is 35.5. The van der Waals surface area contributed by atoms with Crippen molar-refractivity contribution in [2.45, 2.75) is 25.3 Å². The molecule has 1 saturated heterocycles. The Balaban J connectivity index is 2.21. The van der Waals surface area contributed by atoms with E-state index in [-0.39, 0.29) is 0 Å². The average Bonchev–Trinajstić information content (AvgIpc) is 2.18. The number of pyridine rings is 1. The highest BCUT2D eigenvalue weighted by Crippen LogP contribution is 2.26. The molecule has 1 atom stereocenters. The van der Waals surface area contributed by atoms with E-state index in [2.05, 4.69) is 10.3 Å². The number of nitrogens with one attached hydrogen (secondary N) is 1. The first-order valence-corrected chi connectivity index (χ1v) is 5.57. The molecule has 0 bridgehead atoms. The fourth-order valence-electron chi connectivity index (χ4n) is 1.82. The second-order valence-electron chi connectivity index (χ2n) is 3.55. The fraction of sp³-hybridized carbons (Fsp3) is 0.500. The summed E-state index contributed by atoms with van der Waals surface area (Å²) in [5.74, 6) is 0. The molecule has 0 aliphatic carbocycles. The Kier molecular flexibility index (Phi) is 3.26. The third-order valence-corrected chi connectivity index (χ3v) is 2.89. The molecule has 0 amide bonds. The van der Waals surface area contributed by atoms with Crippen LogP contribution in [0.25, 0.3) is 0 Å². The lowest BCUT2D eigenvalue weighted by Gasteiger charge is -2.23. The van der Waals surface area contributed by atoms with Crippen LogP contribution in [-0.2, 0) is 0 Å². The molecule has 0 aromatic carbocycles.